The van der Waals surface area contributed by atoms with Gasteiger partial charge in [0, 0.05) is 68.8 Å². The molecule has 3 N–H and O–H groups in total. The molecule has 310 valence electrons. The Morgan fingerprint density at radius 1 is 0.931 bits per heavy atom. The molecule has 0 saturated carbocycles. The molecule has 0 spiro atoms. The third-order valence-electron chi connectivity index (χ3n) is 10.9. The van der Waals surface area contributed by atoms with E-state index in [1.807, 2.05) is 4.90 Å². The summed E-state index contributed by atoms with van der Waals surface area (Å²) in [6.07, 6.45) is -1.68. The van der Waals surface area contributed by atoms with Gasteiger partial charge in [0.25, 0.3) is 17.3 Å². The Labute approximate surface area is 335 Å². The van der Waals surface area contributed by atoms with E-state index in [-0.39, 0.29) is 69.2 Å². The highest BCUT2D eigenvalue weighted by molar-refractivity contribution is 8.02. The normalized spacial score (nSPS) is 24.8. The van der Waals surface area contributed by atoms with Gasteiger partial charge in [-0.25, -0.2) is 9.59 Å². The number of carbonyl (C=O) groups is 5. The fourth-order valence-corrected chi connectivity index (χ4v) is 9.70. The van der Waals surface area contributed by atoms with Crippen molar-refractivity contribution >= 4 is 53.0 Å². The number of thioether (sulfide) groups is 1. The maximum absolute atomic E-state index is 14.6. The molecule has 0 aromatic heterocycles. The Hall–Kier alpha value is -5.64. The topological polar surface area (TPSA) is 262 Å². The molecule has 21 heteroatoms. The zero-order valence-corrected chi connectivity index (χ0v) is 32.4. The number of β-lactam (4-membered cyclic amide) rings is 1. The lowest BCUT2D eigenvalue weighted by Gasteiger charge is -2.58. The number of piperazine rings is 1. The van der Waals surface area contributed by atoms with Crippen LogP contribution in [-0.2, 0) is 46.6 Å². The number of benzene rings is 2. The van der Waals surface area contributed by atoms with Crippen LogP contribution in [0.15, 0.2) is 59.8 Å². The predicted octanol–water partition coefficient (Wildman–Crippen LogP) is 1.83. The van der Waals surface area contributed by atoms with E-state index >= 15 is 0 Å². The van der Waals surface area contributed by atoms with Crippen molar-refractivity contribution in [2.75, 3.05) is 52.4 Å². The third kappa shape index (κ3) is 7.93. The number of carboxylic acids is 1. The smallest absolute Gasteiger partial charge is 0.477 e. The molecule has 0 aliphatic carbocycles. The van der Waals surface area contributed by atoms with Crippen molar-refractivity contribution in [3.63, 3.8) is 0 Å². The molecule has 20 nitrogen and oxygen atoms in total. The first kappa shape index (κ1) is 42.0. The number of aliphatic carboxylic acids is 1. The van der Waals surface area contributed by atoms with Gasteiger partial charge >= 0.3 is 18.1 Å². The number of esters is 1. The van der Waals surface area contributed by atoms with Crippen LogP contribution < -0.4 is 5.32 Å². The Balaban J connectivity index is 1.17. The maximum Gasteiger partial charge on any atom is 0.508 e. The van der Waals surface area contributed by atoms with E-state index in [0.717, 1.165) is 16.7 Å². The lowest BCUT2D eigenvalue weighted by Crippen LogP contribution is -2.79. The number of carboxylic acid groups (broad SMARTS) is 1. The van der Waals surface area contributed by atoms with Crippen molar-refractivity contribution in [1.29, 1.82) is 0 Å². The molecule has 0 bridgehead atoms. The molecule has 4 aliphatic rings. The van der Waals surface area contributed by atoms with E-state index in [2.05, 4.69) is 5.32 Å². The van der Waals surface area contributed by atoms with Crippen LogP contribution in [-0.4, -0.2) is 139 Å². The average Bonchev–Trinajstić information content (AvgIpc) is 3.81. The summed E-state index contributed by atoms with van der Waals surface area (Å²) < 4.78 is 14.3. The number of non-ortho nitro benzene ring substituents is 2. The van der Waals surface area contributed by atoms with Gasteiger partial charge in [-0.2, -0.15) is 0 Å². The second-order valence-electron chi connectivity index (χ2n) is 14.5. The number of nitrogens with zero attached hydrogens (tertiary/aromatic N) is 5. The molecule has 2 amide bonds. The summed E-state index contributed by atoms with van der Waals surface area (Å²) in [5, 5.41) is 46.9. The summed E-state index contributed by atoms with van der Waals surface area (Å²) in [6.45, 7) is 4.28. The van der Waals surface area contributed by atoms with Crippen molar-refractivity contribution in [2.24, 2.45) is 5.41 Å². The lowest BCUT2D eigenvalue weighted by molar-refractivity contribution is -0.385. The molecule has 4 heterocycles. The van der Waals surface area contributed by atoms with Crippen molar-refractivity contribution in [2.45, 2.75) is 55.6 Å². The highest BCUT2D eigenvalue weighted by atomic mass is 32.2. The molecular weight excluding hydrogens is 785 g/mol. The standard InChI is InChI=1S/C37H42N6O14S/c1-22(44)37(58-27-11-12-38-19-27)32-36(2,34(49)56-20-23-3-7-25(8-4-23)42(51)52)28(29(31(46)47)41(32)33(37)48)30(45)40-15-13-39(14-16-40)17-18-55-35(50)57-21-24-5-9-26(10-6-24)43(53)54/h3-10,22,27,32,38,44H,11-21H2,1-2H3,(H,46,47)/t22-,27+,32+,36?,37?/m1/s1. The third-order valence-corrected chi connectivity index (χ3v) is 12.8. The Bertz CT molecular complexity index is 2000. The second kappa shape index (κ2) is 17.1. The summed E-state index contributed by atoms with van der Waals surface area (Å²) in [7, 11) is 0. The number of amides is 2. The van der Waals surface area contributed by atoms with Crippen LogP contribution in [0.5, 0.6) is 0 Å². The van der Waals surface area contributed by atoms with Crippen LogP contribution >= 0.6 is 11.8 Å². The molecule has 5 atom stereocenters. The Morgan fingerprint density at radius 2 is 1.50 bits per heavy atom. The number of nitrogens with one attached hydrogen (secondary N) is 1. The fraction of sp³-hybridized carbons (Fsp3) is 0.486. The summed E-state index contributed by atoms with van der Waals surface area (Å²) in [5.74, 6) is -4.17. The number of nitro groups is 2. The molecule has 0 radical (unpaired) electrons. The van der Waals surface area contributed by atoms with Gasteiger partial charge in [0.2, 0.25) is 5.91 Å². The molecule has 2 aromatic carbocycles. The molecular formula is C37H42N6O14S. The predicted molar refractivity (Wildman–Crippen MR) is 202 cm³/mol. The van der Waals surface area contributed by atoms with E-state index in [4.69, 9.17) is 14.2 Å². The zero-order valence-electron chi connectivity index (χ0n) is 31.6. The van der Waals surface area contributed by atoms with Crippen molar-refractivity contribution in [3.8, 4) is 0 Å². The summed E-state index contributed by atoms with van der Waals surface area (Å²) >= 11 is 1.16. The second-order valence-corrected chi connectivity index (χ2v) is 16.0. The van der Waals surface area contributed by atoms with Crippen LogP contribution in [0.4, 0.5) is 16.2 Å². The minimum absolute atomic E-state index is 0.0611. The van der Waals surface area contributed by atoms with Gasteiger partial charge in [0.1, 0.15) is 35.7 Å². The highest BCUT2D eigenvalue weighted by Crippen LogP contribution is 2.62. The van der Waals surface area contributed by atoms with Crippen molar-refractivity contribution < 1.29 is 58.2 Å². The van der Waals surface area contributed by atoms with Crippen LogP contribution in [0.3, 0.4) is 0 Å². The van der Waals surface area contributed by atoms with Gasteiger partial charge < -0.3 is 34.6 Å². The average molecular weight is 827 g/mol. The monoisotopic (exact) mass is 826 g/mol. The van der Waals surface area contributed by atoms with Gasteiger partial charge in [0.15, 0.2) is 0 Å². The summed E-state index contributed by atoms with van der Waals surface area (Å²) in [6, 6.07) is 9.42. The quantitative estimate of drug-likeness (QED) is 0.100. The number of aliphatic hydroxyl groups is 1. The van der Waals surface area contributed by atoms with E-state index in [1.165, 1.54) is 67.3 Å². The number of hydrogen-bond donors (Lipinski definition) is 3. The van der Waals surface area contributed by atoms with Gasteiger partial charge in [0.05, 0.1) is 27.6 Å². The first-order valence-electron chi connectivity index (χ1n) is 18.4. The zero-order chi connectivity index (χ0) is 41.9. The number of ether oxygens (including phenoxy) is 3. The van der Waals surface area contributed by atoms with Crippen molar-refractivity contribution in [1.82, 2.24) is 20.0 Å². The van der Waals surface area contributed by atoms with Crippen LogP contribution in [0.25, 0.3) is 0 Å². The minimum atomic E-state index is -2.07. The van der Waals surface area contributed by atoms with E-state index in [9.17, 15) is 54.4 Å². The first-order valence-corrected chi connectivity index (χ1v) is 19.3. The number of hydrogen-bond acceptors (Lipinski definition) is 16. The Kier molecular flexibility index (Phi) is 12.4. The number of rotatable bonds is 15. The lowest BCUT2D eigenvalue weighted by atomic mass is 9.66. The van der Waals surface area contributed by atoms with Crippen LogP contribution in [0.2, 0.25) is 0 Å². The molecule has 3 fully saturated rings. The Morgan fingerprint density at radius 3 is 2.00 bits per heavy atom. The summed E-state index contributed by atoms with van der Waals surface area (Å²) in [5.41, 5.74) is -2.58. The van der Waals surface area contributed by atoms with Gasteiger partial charge in [-0.05, 0) is 62.2 Å². The van der Waals surface area contributed by atoms with Crippen LogP contribution in [0, 0.1) is 25.6 Å². The SMILES string of the molecule is C[C@@H](O)C1(S[C@H]2CCNC2)C(=O)N2C(C(=O)O)=C(C(=O)N3CCN(CCOC(=O)OCc4ccc([N+](=O)[O-])cc4)CC3)C(C)(C(=O)OCc3ccc([N+](=O)[O-])cc3)[C@H]21. The fourth-order valence-electron chi connectivity index (χ4n) is 7.84. The van der Waals surface area contributed by atoms with Gasteiger partial charge in [-0.15, -0.1) is 11.8 Å². The molecule has 2 aromatic rings. The maximum atomic E-state index is 14.6. The molecule has 4 aliphatic heterocycles. The molecule has 2 unspecified atom stereocenters. The van der Waals surface area contributed by atoms with Crippen molar-refractivity contribution in [3.05, 3.63) is 91.2 Å². The number of fused-ring (bicyclic) bond motifs is 1. The number of nitro benzene ring substituents is 2. The highest BCUT2D eigenvalue weighted by Gasteiger charge is 2.78. The van der Waals surface area contributed by atoms with Gasteiger partial charge in [-0.3, -0.25) is 44.4 Å². The minimum Gasteiger partial charge on any atom is -0.477 e. The molecule has 58 heavy (non-hydrogen) atoms. The van der Waals surface area contributed by atoms with E-state index in [0.29, 0.717) is 30.6 Å². The van der Waals surface area contributed by atoms with Crippen LogP contribution in [0.1, 0.15) is 31.4 Å². The van der Waals surface area contributed by atoms with Gasteiger partial charge in [-0.1, -0.05) is 0 Å². The van der Waals surface area contributed by atoms with E-state index in [1.54, 1.807) is 0 Å². The number of carbonyl (C=O) groups excluding carboxylic acids is 4. The number of aliphatic hydroxyl groups excluding tert-OH is 1. The largest absolute Gasteiger partial charge is 0.508 e. The van der Waals surface area contributed by atoms with E-state index < -0.39 is 73.3 Å². The molecule has 3 saturated heterocycles. The molecule has 6 rings (SSSR count). The summed E-state index contributed by atoms with van der Waals surface area (Å²) in [4.78, 5) is 93.5. The first-order chi connectivity index (χ1) is 27.6.